The Morgan fingerprint density at radius 3 is 2.23 bits per heavy atom. The summed E-state index contributed by atoms with van der Waals surface area (Å²) in [7, 11) is 0. The highest BCUT2D eigenvalue weighted by atomic mass is 32.2. The summed E-state index contributed by atoms with van der Waals surface area (Å²) in [6.45, 7) is 0.575. The maximum atomic E-state index is 12.2. The third-order valence-electron chi connectivity index (χ3n) is 5.60. The number of thioether (sulfide) groups is 1. The molecule has 3 aromatic carbocycles. The normalized spacial score (nSPS) is 11.9. The number of carbonyl (C=O) groups excluding carboxylic acids is 2. The molecule has 0 unspecified atom stereocenters. The van der Waals surface area contributed by atoms with Gasteiger partial charge in [-0.2, -0.15) is 11.8 Å². The van der Waals surface area contributed by atoms with Gasteiger partial charge in [0.1, 0.15) is 17.9 Å². The average Bonchev–Trinajstić information content (AvgIpc) is 3.16. The molecule has 0 saturated carbocycles. The van der Waals surface area contributed by atoms with Crippen molar-refractivity contribution in [3.05, 3.63) is 83.4 Å². The van der Waals surface area contributed by atoms with Crippen LogP contribution in [0.25, 0.3) is 11.1 Å². The molecular formula is C26H24N2O6S. The number of aromatic hydroxyl groups is 1. The van der Waals surface area contributed by atoms with Crippen LogP contribution in [0.4, 0.5) is 10.5 Å². The predicted octanol–water partition coefficient (Wildman–Crippen LogP) is 4.30. The molecule has 2 amide bonds. The van der Waals surface area contributed by atoms with E-state index in [4.69, 9.17) is 9.84 Å². The van der Waals surface area contributed by atoms with E-state index in [0.29, 0.717) is 18.0 Å². The van der Waals surface area contributed by atoms with Gasteiger partial charge in [0.15, 0.2) is 0 Å². The van der Waals surface area contributed by atoms with Gasteiger partial charge in [0, 0.05) is 30.0 Å². The second-order valence-electron chi connectivity index (χ2n) is 7.89. The second-order valence-corrected chi connectivity index (χ2v) is 9.00. The number of carbonyl (C=O) groups is 3. The van der Waals surface area contributed by atoms with E-state index in [1.54, 1.807) is 0 Å². The molecule has 1 aliphatic carbocycles. The summed E-state index contributed by atoms with van der Waals surface area (Å²) in [4.78, 5) is 35.2. The first-order valence-corrected chi connectivity index (χ1v) is 12.1. The van der Waals surface area contributed by atoms with E-state index in [0.717, 1.165) is 11.1 Å². The van der Waals surface area contributed by atoms with Crippen LogP contribution in [0.15, 0.2) is 66.7 Å². The number of carboxylic acids is 1. The number of nitrogens with one attached hydrogen (secondary N) is 2. The van der Waals surface area contributed by atoms with Gasteiger partial charge in [-0.15, -0.1) is 0 Å². The molecule has 180 valence electrons. The molecule has 0 radical (unpaired) electrons. The largest absolute Gasteiger partial charge is 0.507 e. The van der Waals surface area contributed by atoms with Crippen molar-refractivity contribution in [2.24, 2.45) is 0 Å². The van der Waals surface area contributed by atoms with Crippen molar-refractivity contribution in [1.29, 1.82) is 0 Å². The molecular weight excluding hydrogens is 468 g/mol. The van der Waals surface area contributed by atoms with Crippen molar-refractivity contribution < 1.29 is 29.3 Å². The highest BCUT2D eigenvalue weighted by molar-refractivity contribution is 7.99. The highest BCUT2D eigenvalue weighted by Crippen LogP contribution is 2.44. The van der Waals surface area contributed by atoms with Gasteiger partial charge in [-0.1, -0.05) is 48.5 Å². The molecule has 0 spiro atoms. The fourth-order valence-corrected chi connectivity index (χ4v) is 4.68. The molecule has 0 atom stereocenters. The maximum absolute atomic E-state index is 12.2. The van der Waals surface area contributed by atoms with Gasteiger partial charge >= 0.3 is 12.1 Å². The van der Waals surface area contributed by atoms with E-state index in [1.165, 1.54) is 41.1 Å². The lowest BCUT2D eigenvalue weighted by Gasteiger charge is -2.14. The fraction of sp³-hybridized carbons (Fsp3) is 0.192. The van der Waals surface area contributed by atoms with Gasteiger partial charge in [-0.05, 0) is 34.4 Å². The number of carboxylic acid groups (broad SMARTS) is 1. The number of aromatic carboxylic acids is 1. The Balaban J connectivity index is 1.17. The van der Waals surface area contributed by atoms with Crippen LogP contribution in [0.5, 0.6) is 5.75 Å². The molecule has 1 aliphatic rings. The third-order valence-corrected chi connectivity index (χ3v) is 6.56. The third kappa shape index (κ3) is 5.75. The first-order valence-electron chi connectivity index (χ1n) is 11.0. The Morgan fingerprint density at radius 2 is 1.60 bits per heavy atom. The van der Waals surface area contributed by atoms with Gasteiger partial charge in [0.25, 0.3) is 0 Å². The number of phenols is 1. The van der Waals surface area contributed by atoms with Gasteiger partial charge in [0.2, 0.25) is 5.91 Å². The monoisotopic (exact) mass is 492 g/mol. The number of ether oxygens (including phenoxy) is 1. The van der Waals surface area contributed by atoms with Crippen molar-refractivity contribution in [2.45, 2.75) is 5.92 Å². The zero-order valence-corrected chi connectivity index (χ0v) is 19.5. The Hall–Kier alpha value is -3.98. The smallest absolute Gasteiger partial charge is 0.407 e. The van der Waals surface area contributed by atoms with Gasteiger partial charge in [-0.3, -0.25) is 4.79 Å². The molecule has 0 heterocycles. The molecule has 0 aromatic heterocycles. The lowest BCUT2D eigenvalue weighted by Crippen LogP contribution is -2.28. The van der Waals surface area contributed by atoms with E-state index in [9.17, 15) is 19.5 Å². The number of anilines is 1. The summed E-state index contributed by atoms with van der Waals surface area (Å²) >= 11 is 1.32. The van der Waals surface area contributed by atoms with Crippen LogP contribution in [0.1, 0.15) is 27.4 Å². The molecule has 0 bridgehead atoms. The van der Waals surface area contributed by atoms with Gasteiger partial charge in [-0.25, -0.2) is 9.59 Å². The van der Waals surface area contributed by atoms with E-state index >= 15 is 0 Å². The minimum Gasteiger partial charge on any atom is -0.507 e. The van der Waals surface area contributed by atoms with Crippen molar-refractivity contribution in [3.63, 3.8) is 0 Å². The van der Waals surface area contributed by atoms with Crippen LogP contribution >= 0.6 is 11.8 Å². The van der Waals surface area contributed by atoms with E-state index < -0.39 is 17.8 Å². The standard InChI is InChI=1S/C26H24N2O6S/c29-23-13-16(9-10-21(23)25(31)32)28-24(30)15-35-12-11-27-26(33)34-14-22-19-7-3-1-5-17(19)18-6-2-4-8-20(18)22/h1-10,13,22,29H,11-12,14-15H2,(H,27,33)(H,28,30)(H,31,32). The summed E-state index contributed by atoms with van der Waals surface area (Å²) in [5.74, 6) is -1.35. The molecule has 9 heteroatoms. The van der Waals surface area contributed by atoms with E-state index in [-0.39, 0.29) is 29.7 Å². The summed E-state index contributed by atoms with van der Waals surface area (Å²) in [6, 6.07) is 20.1. The fourth-order valence-electron chi connectivity index (χ4n) is 4.03. The zero-order chi connectivity index (χ0) is 24.8. The average molecular weight is 493 g/mol. The first kappa shape index (κ1) is 24.2. The minimum absolute atomic E-state index is 0.00442. The first-order chi connectivity index (χ1) is 16.9. The number of fused-ring (bicyclic) bond motifs is 3. The number of rotatable bonds is 9. The number of hydrogen-bond donors (Lipinski definition) is 4. The molecule has 0 saturated heterocycles. The Labute approximate surface area is 206 Å². The summed E-state index contributed by atoms with van der Waals surface area (Å²) < 4.78 is 5.48. The van der Waals surface area contributed by atoms with Gasteiger partial charge < -0.3 is 25.6 Å². The Morgan fingerprint density at radius 1 is 0.943 bits per heavy atom. The lowest BCUT2D eigenvalue weighted by atomic mass is 9.98. The van der Waals surface area contributed by atoms with Crippen LogP contribution in [-0.2, 0) is 9.53 Å². The van der Waals surface area contributed by atoms with Crippen molar-refractivity contribution in [2.75, 3.05) is 30.0 Å². The number of hydrogen-bond acceptors (Lipinski definition) is 6. The van der Waals surface area contributed by atoms with Crippen LogP contribution < -0.4 is 10.6 Å². The molecule has 35 heavy (non-hydrogen) atoms. The van der Waals surface area contributed by atoms with Crippen LogP contribution in [0, 0.1) is 0 Å². The molecule has 0 aliphatic heterocycles. The second kappa shape index (κ2) is 11.0. The van der Waals surface area contributed by atoms with Crippen molar-refractivity contribution in [3.8, 4) is 16.9 Å². The summed E-state index contributed by atoms with van der Waals surface area (Å²) in [5, 5.41) is 23.9. The van der Waals surface area contributed by atoms with Crippen LogP contribution in [0.3, 0.4) is 0 Å². The predicted molar refractivity (Wildman–Crippen MR) is 134 cm³/mol. The quantitative estimate of drug-likeness (QED) is 0.328. The lowest BCUT2D eigenvalue weighted by molar-refractivity contribution is -0.113. The number of benzene rings is 3. The summed E-state index contributed by atoms with van der Waals surface area (Å²) in [5.41, 5.74) is 4.69. The van der Waals surface area contributed by atoms with E-state index in [2.05, 4.69) is 34.9 Å². The van der Waals surface area contributed by atoms with Crippen molar-refractivity contribution >= 4 is 35.4 Å². The SMILES string of the molecule is O=C(CSCCNC(=O)OCC1c2ccccc2-c2ccccc21)Nc1ccc(C(=O)O)c(O)c1. The Kier molecular flexibility index (Phi) is 7.57. The zero-order valence-electron chi connectivity index (χ0n) is 18.7. The molecule has 3 aromatic rings. The summed E-state index contributed by atoms with van der Waals surface area (Å²) in [6.07, 6.45) is -0.508. The van der Waals surface area contributed by atoms with E-state index in [1.807, 2.05) is 24.3 Å². The highest BCUT2D eigenvalue weighted by Gasteiger charge is 2.28. The number of amides is 2. The molecule has 4 rings (SSSR count). The molecule has 4 N–H and O–H groups in total. The molecule has 8 nitrogen and oxygen atoms in total. The topological polar surface area (TPSA) is 125 Å². The minimum atomic E-state index is -1.25. The van der Waals surface area contributed by atoms with Gasteiger partial charge in [0.05, 0.1) is 5.75 Å². The van der Waals surface area contributed by atoms with Crippen LogP contribution in [0.2, 0.25) is 0 Å². The number of alkyl carbamates (subject to hydrolysis) is 1. The molecule has 0 fully saturated rings. The van der Waals surface area contributed by atoms with Crippen LogP contribution in [-0.4, -0.2) is 52.8 Å². The maximum Gasteiger partial charge on any atom is 0.407 e. The Bertz CT molecular complexity index is 1220. The van der Waals surface area contributed by atoms with Crippen molar-refractivity contribution in [1.82, 2.24) is 5.32 Å².